The standard InChI is InChI=1S/C24H33N3O2/c1-17-4-6-19(7-5-17)12-13-26-15-20-8-10-22(23(14-20)28-3)29-24-11-9-21(16-27-24)18(2)25/h8-11,14,16-17,19,26H,2,4-7,12-13,15,25H2,1,3H3. The second-order valence-electron chi connectivity index (χ2n) is 8.09. The molecule has 1 saturated carbocycles. The number of benzene rings is 1. The van der Waals surface area contributed by atoms with Crippen LogP contribution in [0.1, 0.15) is 50.2 Å². The summed E-state index contributed by atoms with van der Waals surface area (Å²) in [5.74, 6) is 3.63. The molecule has 0 aliphatic heterocycles. The molecule has 5 heteroatoms. The predicted octanol–water partition coefficient (Wildman–Crippen LogP) is 5.12. The van der Waals surface area contributed by atoms with Gasteiger partial charge in [0.1, 0.15) is 0 Å². The fourth-order valence-electron chi connectivity index (χ4n) is 3.81. The number of hydrogen-bond donors (Lipinski definition) is 2. The van der Waals surface area contributed by atoms with Crippen LogP contribution in [0.5, 0.6) is 17.4 Å². The van der Waals surface area contributed by atoms with E-state index in [9.17, 15) is 0 Å². The minimum absolute atomic E-state index is 0.483. The molecule has 1 heterocycles. The van der Waals surface area contributed by atoms with Gasteiger partial charge in [-0.05, 0) is 48.6 Å². The van der Waals surface area contributed by atoms with Crippen molar-refractivity contribution >= 4 is 5.70 Å². The molecule has 1 aromatic heterocycles. The van der Waals surface area contributed by atoms with Gasteiger partial charge in [0.05, 0.1) is 7.11 Å². The van der Waals surface area contributed by atoms with Crippen LogP contribution in [0.4, 0.5) is 0 Å². The summed E-state index contributed by atoms with van der Waals surface area (Å²) in [6.45, 7) is 7.96. The number of ether oxygens (including phenoxy) is 2. The van der Waals surface area contributed by atoms with E-state index < -0.39 is 0 Å². The Labute approximate surface area is 174 Å². The lowest BCUT2D eigenvalue weighted by Crippen LogP contribution is -2.20. The van der Waals surface area contributed by atoms with E-state index in [1.165, 1.54) is 37.7 Å². The average molecular weight is 396 g/mol. The van der Waals surface area contributed by atoms with E-state index in [-0.39, 0.29) is 0 Å². The number of methoxy groups -OCH3 is 1. The molecule has 0 radical (unpaired) electrons. The van der Waals surface area contributed by atoms with Crippen molar-refractivity contribution in [2.75, 3.05) is 13.7 Å². The van der Waals surface area contributed by atoms with E-state index in [1.807, 2.05) is 18.2 Å². The van der Waals surface area contributed by atoms with Crippen LogP contribution < -0.4 is 20.5 Å². The molecule has 1 aliphatic rings. The molecular formula is C24H33N3O2. The molecule has 2 aromatic rings. The van der Waals surface area contributed by atoms with Crippen molar-refractivity contribution in [1.82, 2.24) is 10.3 Å². The fourth-order valence-corrected chi connectivity index (χ4v) is 3.81. The van der Waals surface area contributed by atoms with Crippen LogP contribution in [-0.4, -0.2) is 18.6 Å². The molecule has 0 spiro atoms. The normalized spacial score (nSPS) is 19.0. The highest BCUT2D eigenvalue weighted by atomic mass is 16.5. The van der Waals surface area contributed by atoms with E-state index in [0.29, 0.717) is 23.1 Å². The lowest BCUT2D eigenvalue weighted by molar-refractivity contribution is 0.275. The Bertz CT molecular complexity index is 796. The molecule has 0 unspecified atom stereocenters. The highest BCUT2D eigenvalue weighted by Crippen LogP contribution is 2.32. The molecular weight excluding hydrogens is 362 g/mol. The first-order chi connectivity index (χ1) is 14.0. The van der Waals surface area contributed by atoms with Crippen LogP contribution in [0.25, 0.3) is 5.70 Å². The van der Waals surface area contributed by atoms with Gasteiger partial charge in [0.15, 0.2) is 11.5 Å². The molecule has 3 N–H and O–H groups in total. The number of pyridine rings is 1. The Morgan fingerprint density at radius 2 is 1.97 bits per heavy atom. The van der Waals surface area contributed by atoms with Crippen molar-refractivity contribution in [3.05, 3.63) is 54.2 Å². The van der Waals surface area contributed by atoms with Gasteiger partial charge in [-0.3, -0.25) is 0 Å². The minimum Gasteiger partial charge on any atom is -0.493 e. The van der Waals surface area contributed by atoms with Crippen LogP contribution >= 0.6 is 0 Å². The Hall–Kier alpha value is -2.53. The van der Waals surface area contributed by atoms with Gasteiger partial charge in [-0.25, -0.2) is 4.98 Å². The van der Waals surface area contributed by atoms with Crippen molar-refractivity contribution in [1.29, 1.82) is 0 Å². The molecule has 0 amide bonds. The minimum atomic E-state index is 0.483. The molecule has 3 rings (SSSR count). The maximum Gasteiger partial charge on any atom is 0.219 e. The van der Waals surface area contributed by atoms with Gasteiger partial charge in [-0.2, -0.15) is 0 Å². The molecule has 1 aliphatic carbocycles. The number of nitrogens with zero attached hydrogens (tertiary/aromatic N) is 1. The Morgan fingerprint density at radius 3 is 2.62 bits per heavy atom. The molecule has 1 aromatic carbocycles. The lowest BCUT2D eigenvalue weighted by Gasteiger charge is -2.26. The maximum atomic E-state index is 5.88. The highest BCUT2D eigenvalue weighted by molar-refractivity contribution is 5.59. The van der Waals surface area contributed by atoms with E-state index in [0.717, 1.165) is 30.5 Å². The zero-order chi connectivity index (χ0) is 20.6. The zero-order valence-corrected chi connectivity index (χ0v) is 17.6. The number of rotatable bonds is 9. The molecule has 156 valence electrons. The van der Waals surface area contributed by atoms with Gasteiger partial charge >= 0.3 is 0 Å². The first kappa shape index (κ1) is 21.2. The third-order valence-corrected chi connectivity index (χ3v) is 5.74. The van der Waals surface area contributed by atoms with Crippen LogP contribution in [-0.2, 0) is 6.54 Å². The van der Waals surface area contributed by atoms with Gasteiger partial charge in [-0.1, -0.05) is 45.3 Å². The molecule has 1 fully saturated rings. The van der Waals surface area contributed by atoms with E-state index >= 15 is 0 Å². The van der Waals surface area contributed by atoms with Crippen molar-refractivity contribution in [2.24, 2.45) is 17.6 Å². The van der Waals surface area contributed by atoms with Gasteiger partial charge in [0.2, 0.25) is 5.88 Å². The van der Waals surface area contributed by atoms with Crippen LogP contribution in [0, 0.1) is 11.8 Å². The summed E-state index contributed by atoms with van der Waals surface area (Å²) in [6.07, 6.45) is 8.47. The largest absolute Gasteiger partial charge is 0.493 e. The Kier molecular flexibility index (Phi) is 7.53. The third-order valence-electron chi connectivity index (χ3n) is 5.74. The van der Waals surface area contributed by atoms with Crippen LogP contribution in [0.3, 0.4) is 0 Å². The smallest absolute Gasteiger partial charge is 0.219 e. The SMILES string of the molecule is C=C(N)c1ccc(Oc2ccc(CNCCC3CCC(C)CC3)cc2OC)nc1. The molecule has 0 saturated heterocycles. The first-order valence-corrected chi connectivity index (χ1v) is 10.5. The highest BCUT2D eigenvalue weighted by Gasteiger charge is 2.17. The molecule has 5 nitrogen and oxygen atoms in total. The maximum absolute atomic E-state index is 5.88. The topological polar surface area (TPSA) is 69.4 Å². The summed E-state index contributed by atoms with van der Waals surface area (Å²) in [5, 5.41) is 3.57. The molecule has 29 heavy (non-hydrogen) atoms. The molecule has 0 bridgehead atoms. The van der Waals surface area contributed by atoms with Gasteiger partial charge in [-0.15, -0.1) is 0 Å². The quantitative estimate of drug-likeness (QED) is 0.577. The van der Waals surface area contributed by atoms with Crippen molar-refractivity contribution < 1.29 is 9.47 Å². The summed E-state index contributed by atoms with van der Waals surface area (Å²) in [6, 6.07) is 9.61. The lowest BCUT2D eigenvalue weighted by atomic mass is 9.81. The second kappa shape index (κ2) is 10.3. The third kappa shape index (κ3) is 6.23. The number of nitrogens with two attached hydrogens (primary N) is 1. The monoisotopic (exact) mass is 395 g/mol. The zero-order valence-electron chi connectivity index (χ0n) is 17.6. The Morgan fingerprint density at radius 1 is 1.17 bits per heavy atom. The van der Waals surface area contributed by atoms with Gasteiger partial charge in [0.25, 0.3) is 0 Å². The van der Waals surface area contributed by atoms with Crippen LogP contribution in [0.2, 0.25) is 0 Å². The predicted molar refractivity (Wildman–Crippen MR) is 118 cm³/mol. The van der Waals surface area contributed by atoms with Crippen molar-refractivity contribution in [3.63, 3.8) is 0 Å². The average Bonchev–Trinajstić information content (AvgIpc) is 2.73. The fraction of sp³-hybridized carbons (Fsp3) is 0.458. The summed E-state index contributed by atoms with van der Waals surface area (Å²) >= 11 is 0. The molecule has 0 atom stereocenters. The summed E-state index contributed by atoms with van der Waals surface area (Å²) in [7, 11) is 1.65. The van der Waals surface area contributed by atoms with Crippen LogP contribution in [0.15, 0.2) is 43.1 Å². The number of aromatic nitrogens is 1. The van der Waals surface area contributed by atoms with Crippen molar-refractivity contribution in [2.45, 2.75) is 45.6 Å². The summed E-state index contributed by atoms with van der Waals surface area (Å²) in [5.41, 5.74) is 8.12. The number of hydrogen-bond acceptors (Lipinski definition) is 5. The second-order valence-corrected chi connectivity index (χ2v) is 8.09. The first-order valence-electron chi connectivity index (χ1n) is 10.5. The summed E-state index contributed by atoms with van der Waals surface area (Å²) < 4.78 is 11.4. The van der Waals surface area contributed by atoms with E-state index in [4.69, 9.17) is 15.2 Å². The summed E-state index contributed by atoms with van der Waals surface area (Å²) in [4.78, 5) is 4.27. The van der Waals surface area contributed by atoms with Gasteiger partial charge in [0, 0.05) is 30.1 Å². The van der Waals surface area contributed by atoms with E-state index in [1.54, 1.807) is 19.4 Å². The van der Waals surface area contributed by atoms with Gasteiger partial charge < -0.3 is 20.5 Å². The Balaban J connectivity index is 1.51. The van der Waals surface area contributed by atoms with Crippen molar-refractivity contribution in [3.8, 4) is 17.4 Å². The van der Waals surface area contributed by atoms with E-state index in [2.05, 4.69) is 29.9 Å². The number of nitrogens with one attached hydrogen (secondary N) is 1.